The monoisotopic (exact) mass is 393 g/mol. The molecule has 29 heavy (non-hydrogen) atoms. The van der Waals surface area contributed by atoms with Crippen LogP contribution in [0.15, 0.2) is 48.8 Å². The van der Waals surface area contributed by atoms with Gasteiger partial charge in [0.2, 0.25) is 0 Å². The predicted molar refractivity (Wildman–Crippen MR) is 112 cm³/mol. The summed E-state index contributed by atoms with van der Waals surface area (Å²) in [6.45, 7) is 2.77. The van der Waals surface area contributed by atoms with Crippen LogP contribution >= 0.6 is 0 Å². The summed E-state index contributed by atoms with van der Waals surface area (Å²) in [7, 11) is 1.92. The van der Waals surface area contributed by atoms with Gasteiger partial charge in [-0.25, -0.2) is 0 Å². The second kappa shape index (κ2) is 7.78. The summed E-state index contributed by atoms with van der Waals surface area (Å²) in [6, 6.07) is 12.4. The summed E-state index contributed by atoms with van der Waals surface area (Å²) in [5.41, 5.74) is 2.25. The molecule has 0 amide bonds. The molecule has 1 aromatic heterocycles. The van der Waals surface area contributed by atoms with Gasteiger partial charge in [-0.15, -0.1) is 0 Å². The molecule has 0 spiro atoms. The Balaban J connectivity index is 1.20. The lowest BCUT2D eigenvalue weighted by molar-refractivity contribution is -0.0528. The molecule has 0 saturated carbocycles. The van der Waals surface area contributed by atoms with Gasteiger partial charge in [0.15, 0.2) is 0 Å². The number of nitrogens with zero attached hydrogens (tertiary/aromatic N) is 3. The highest BCUT2D eigenvalue weighted by molar-refractivity contribution is 5.88. The Morgan fingerprint density at radius 3 is 2.62 bits per heavy atom. The third-order valence-electron chi connectivity index (χ3n) is 5.88. The standard InChI is InChI=1S/C23H27N3O3/c1-25-11-19(10-24-25)17-2-3-18-9-21(5-4-16(18)8-17)28-15-20(27)12-26-13-22-6-7-23(14-26)29-22/h2-5,8-11,20,22-23,27H,6-7,12-15H2,1H3/t20?,22-,23+. The highest BCUT2D eigenvalue weighted by Gasteiger charge is 2.34. The third kappa shape index (κ3) is 4.15. The number of aliphatic hydroxyl groups excluding tert-OH is 1. The zero-order valence-electron chi connectivity index (χ0n) is 16.7. The molecule has 2 bridgehead atoms. The topological polar surface area (TPSA) is 59.8 Å². The zero-order chi connectivity index (χ0) is 19.8. The summed E-state index contributed by atoms with van der Waals surface area (Å²) in [4.78, 5) is 2.31. The molecule has 5 rings (SSSR count). The first-order valence-corrected chi connectivity index (χ1v) is 10.3. The lowest BCUT2D eigenvalue weighted by atomic mass is 10.0. The molecule has 0 radical (unpaired) electrons. The second-order valence-electron chi connectivity index (χ2n) is 8.27. The van der Waals surface area contributed by atoms with Crippen molar-refractivity contribution in [1.29, 1.82) is 0 Å². The summed E-state index contributed by atoms with van der Waals surface area (Å²) >= 11 is 0. The van der Waals surface area contributed by atoms with Gasteiger partial charge in [-0.3, -0.25) is 9.58 Å². The van der Waals surface area contributed by atoms with Crippen LogP contribution in [0.25, 0.3) is 21.9 Å². The average Bonchev–Trinajstić information content (AvgIpc) is 3.30. The van der Waals surface area contributed by atoms with E-state index in [0.29, 0.717) is 25.4 Å². The van der Waals surface area contributed by atoms with Gasteiger partial charge in [-0.05, 0) is 47.4 Å². The maximum absolute atomic E-state index is 10.4. The minimum atomic E-state index is -0.504. The average molecular weight is 393 g/mol. The molecule has 6 nitrogen and oxygen atoms in total. The molecule has 152 valence electrons. The van der Waals surface area contributed by atoms with Crippen molar-refractivity contribution in [2.24, 2.45) is 7.05 Å². The molecule has 6 heteroatoms. The van der Waals surface area contributed by atoms with E-state index in [2.05, 4.69) is 34.3 Å². The van der Waals surface area contributed by atoms with Crippen LogP contribution in [0.3, 0.4) is 0 Å². The van der Waals surface area contributed by atoms with E-state index in [4.69, 9.17) is 9.47 Å². The van der Waals surface area contributed by atoms with Gasteiger partial charge < -0.3 is 14.6 Å². The number of hydrogen-bond donors (Lipinski definition) is 1. The van der Waals surface area contributed by atoms with E-state index >= 15 is 0 Å². The van der Waals surface area contributed by atoms with Crippen molar-refractivity contribution in [2.45, 2.75) is 31.2 Å². The Hall–Kier alpha value is -2.41. The van der Waals surface area contributed by atoms with Crippen LogP contribution < -0.4 is 4.74 Å². The van der Waals surface area contributed by atoms with Gasteiger partial charge in [0.05, 0.1) is 18.4 Å². The molecule has 1 N–H and O–H groups in total. The van der Waals surface area contributed by atoms with Gasteiger partial charge in [0.25, 0.3) is 0 Å². The van der Waals surface area contributed by atoms with Gasteiger partial charge in [-0.1, -0.05) is 18.2 Å². The van der Waals surface area contributed by atoms with Crippen LogP contribution in [-0.2, 0) is 11.8 Å². The van der Waals surface area contributed by atoms with Crippen molar-refractivity contribution in [1.82, 2.24) is 14.7 Å². The van der Waals surface area contributed by atoms with Gasteiger partial charge in [0, 0.05) is 38.4 Å². The number of morpholine rings is 1. The molecule has 1 unspecified atom stereocenters. The first-order chi connectivity index (χ1) is 14.1. The van der Waals surface area contributed by atoms with Crippen molar-refractivity contribution < 1.29 is 14.6 Å². The summed E-state index contributed by atoms with van der Waals surface area (Å²) < 4.78 is 13.6. The fourth-order valence-corrected chi connectivity index (χ4v) is 4.45. The quantitative estimate of drug-likeness (QED) is 0.698. The number of rotatable bonds is 6. The number of aryl methyl sites for hydroxylation is 1. The largest absolute Gasteiger partial charge is 0.491 e. The van der Waals surface area contributed by atoms with Crippen LogP contribution in [0.1, 0.15) is 12.8 Å². The molecule has 3 aromatic rings. The molecule has 2 fully saturated rings. The molecule has 3 atom stereocenters. The summed E-state index contributed by atoms with van der Waals surface area (Å²) in [5.74, 6) is 0.785. The molecule has 3 heterocycles. The maximum atomic E-state index is 10.4. The number of benzene rings is 2. The fraction of sp³-hybridized carbons (Fsp3) is 0.435. The van der Waals surface area contributed by atoms with Crippen molar-refractivity contribution in [2.75, 3.05) is 26.2 Å². The Labute approximate surface area is 170 Å². The lowest BCUT2D eigenvalue weighted by Gasteiger charge is -2.33. The van der Waals surface area contributed by atoms with Crippen LogP contribution in [0.2, 0.25) is 0 Å². The normalized spacial score (nSPS) is 22.8. The van der Waals surface area contributed by atoms with E-state index in [1.807, 2.05) is 36.3 Å². The second-order valence-corrected chi connectivity index (χ2v) is 8.27. The number of fused-ring (bicyclic) bond motifs is 3. The van der Waals surface area contributed by atoms with Crippen LogP contribution in [0, 0.1) is 0 Å². The van der Waals surface area contributed by atoms with E-state index in [9.17, 15) is 5.11 Å². The zero-order valence-corrected chi connectivity index (χ0v) is 16.7. The number of aliphatic hydroxyl groups is 1. The predicted octanol–water partition coefficient (Wildman–Crippen LogP) is 2.84. The van der Waals surface area contributed by atoms with Crippen molar-refractivity contribution in [3.63, 3.8) is 0 Å². The van der Waals surface area contributed by atoms with E-state index in [0.717, 1.165) is 53.6 Å². The number of β-amino-alcohol motifs (C(OH)–C–C–N with tert-alkyl or cyclic N) is 1. The van der Waals surface area contributed by atoms with Crippen LogP contribution in [0.4, 0.5) is 0 Å². The van der Waals surface area contributed by atoms with E-state index < -0.39 is 6.10 Å². The highest BCUT2D eigenvalue weighted by Crippen LogP contribution is 2.28. The lowest BCUT2D eigenvalue weighted by Crippen LogP contribution is -2.46. The number of hydrogen-bond acceptors (Lipinski definition) is 5. The first kappa shape index (κ1) is 18.6. The molecule has 0 aliphatic carbocycles. The Morgan fingerprint density at radius 2 is 1.86 bits per heavy atom. The Bertz CT molecular complexity index is 990. The molecular formula is C23H27N3O3. The van der Waals surface area contributed by atoms with Crippen molar-refractivity contribution in [3.8, 4) is 16.9 Å². The van der Waals surface area contributed by atoms with Gasteiger partial charge >= 0.3 is 0 Å². The van der Waals surface area contributed by atoms with E-state index in [1.54, 1.807) is 0 Å². The minimum absolute atomic E-state index is 0.298. The Morgan fingerprint density at radius 1 is 1.10 bits per heavy atom. The Kier molecular flexibility index (Phi) is 4.99. The number of likely N-dealkylation sites (tertiary alicyclic amines) is 1. The minimum Gasteiger partial charge on any atom is -0.491 e. The molecule has 2 saturated heterocycles. The molecule has 2 aromatic carbocycles. The fourth-order valence-electron chi connectivity index (χ4n) is 4.45. The first-order valence-electron chi connectivity index (χ1n) is 10.3. The van der Waals surface area contributed by atoms with Crippen molar-refractivity contribution >= 4 is 10.8 Å². The van der Waals surface area contributed by atoms with E-state index in [1.165, 1.54) is 0 Å². The summed E-state index contributed by atoms with van der Waals surface area (Å²) in [5, 5.41) is 16.9. The smallest absolute Gasteiger partial charge is 0.120 e. The highest BCUT2D eigenvalue weighted by atomic mass is 16.5. The van der Waals surface area contributed by atoms with Crippen LogP contribution in [-0.4, -0.2) is 64.3 Å². The van der Waals surface area contributed by atoms with Gasteiger partial charge in [0.1, 0.15) is 18.5 Å². The number of ether oxygens (including phenoxy) is 2. The van der Waals surface area contributed by atoms with Crippen LogP contribution in [0.5, 0.6) is 5.75 Å². The van der Waals surface area contributed by atoms with Gasteiger partial charge in [-0.2, -0.15) is 5.10 Å². The molecule has 2 aliphatic rings. The maximum Gasteiger partial charge on any atom is 0.120 e. The molecular weight excluding hydrogens is 366 g/mol. The summed E-state index contributed by atoms with van der Waals surface area (Å²) in [6.07, 6.45) is 6.37. The van der Waals surface area contributed by atoms with Crippen molar-refractivity contribution in [3.05, 3.63) is 48.8 Å². The SMILES string of the molecule is Cn1cc(-c2ccc3cc(OCC(O)CN4C[C@H]5CC[C@@H](C4)O5)ccc3c2)cn1. The third-order valence-corrected chi connectivity index (χ3v) is 5.88. The molecule has 2 aliphatic heterocycles. The van der Waals surface area contributed by atoms with E-state index in [-0.39, 0.29) is 0 Å². The number of aromatic nitrogens is 2.